The lowest BCUT2D eigenvalue weighted by atomic mass is 10.0. The van der Waals surface area contributed by atoms with Crippen molar-refractivity contribution in [2.45, 2.75) is 18.9 Å². The van der Waals surface area contributed by atoms with Gasteiger partial charge in [0.05, 0.1) is 13.2 Å². The van der Waals surface area contributed by atoms with Gasteiger partial charge in [-0.25, -0.2) is 0 Å². The lowest BCUT2D eigenvalue weighted by Gasteiger charge is -2.13. The van der Waals surface area contributed by atoms with E-state index < -0.39 is 0 Å². The molecule has 18 heavy (non-hydrogen) atoms. The maximum Gasteiger partial charge on any atom is 0.122 e. The zero-order valence-corrected chi connectivity index (χ0v) is 10.5. The van der Waals surface area contributed by atoms with Crippen LogP contribution in [-0.4, -0.2) is 18.3 Å². The average molecular weight is 242 g/mol. The van der Waals surface area contributed by atoms with E-state index in [1.165, 1.54) is 0 Å². The van der Waals surface area contributed by atoms with Crippen molar-refractivity contribution in [3.05, 3.63) is 65.7 Å². The number of aliphatic hydroxyl groups excluding tert-OH is 1. The molecule has 0 saturated heterocycles. The van der Waals surface area contributed by atoms with E-state index in [9.17, 15) is 5.11 Å². The highest BCUT2D eigenvalue weighted by Gasteiger charge is 2.10. The van der Waals surface area contributed by atoms with Gasteiger partial charge in [0.15, 0.2) is 0 Å². The Hall–Kier alpha value is -1.80. The third-order valence-corrected chi connectivity index (χ3v) is 2.96. The van der Waals surface area contributed by atoms with Crippen LogP contribution in [0.25, 0.3) is 0 Å². The van der Waals surface area contributed by atoms with E-state index in [2.05, 4.69) is 0 Å². The molecule has 0 aromatic heterocycles. The number of rotatable bonds is 5. The number of hydrogen-bond acceptors (Lipinski definition) is 2. The molecular weight excluding hydrogens is 224 g/mol. The molecule has 2 heteroatoms. The van der Waals surface area contributed by atoms with Crippen LogP contribution in [0.1, 0.15) is 11.1 Å². The summed E-state index contributed by atoms with van der Waals surface area (Å²) in [6.45, 7) is 0. The number of hydrogen-bond donors (Lipinski definition) is 1. The SMILES string of the molecule is COc1ccccc1CC(O)Cc1ccccc1. The van der Waals surface area contributed by atoms with E-state index in [0.29, 0.717) is 12.8 Å². The Kier molecular flexibility index (Phi) is 4.37. The zero-order chi connectivity index (χ0) is 12.8. The highest BCUT2D eigenvalue weighted by Crippen LogP contribution is 2.19. The van der Waals surface area contributed by atoms with Crippen molar-refractivity contribution in [1.82, 2.24) is 0 Å². The van der Waals surface area contributed by atoms with E-state index in [4.69, 9.17) is 4.74 Å². The number of aliphatic hydroxyl groups is 1. The second-order valence-corrected chi connectivity index (χ2v) is 4.36. The summed E-state index contributed by atoms with van der Waals surface area (Å²) < 4.78 is 5.29. The topological polar surface area (TPSA) is 29.5 Å². The van der Waals surface area contributed by atoms with Crippen LogP contribution >= 0.6 is 0 Å². The summed E-state index contributed by atoms with van der Waals surface area (Å²) in [7, 11) is 1.66. The molecule has 0 spiro atoms. The minimum atomic E-state index is -0.385. The standard InChI is InChI=1S/C16H18O2/c1-18-16-10-6-5-9-14(16)12-15(17)11-13-7-3-2-4-8-13/h2-10,15,17H,11-12H2,1H3. The predicted octanol–water partition coefficient (Wildman–Crippen LogP) is 2.84. The highest BCUT2D eigenvalue weighted by molar-refractivity contribution is 5.33. The van der Waals surface area contributed by atoms with Gasteiger partial charge in [-0.3, -0.25) is 0 Å². The Bertz CT molecular complexity index is 479. The van der Waals surface area contributed by atoms with Gasteiger partial charge < -0.3 is 9.84 Å². The fourth-order valence-electron chi connectivity index (χ4n) is 2.08. The Balaban J connectivity index is 2.01. The van der Waals surface area contributed by atoms with Crippen molar-refractivity contribution in [1.29, 1.82) is 0 Å². The third-order valence-electron chi connectivity index (χ3n) is 2.96. The molecule has 0 aliphatic rings. The first-order valence-corrected chi connectivity index (χ1v) is 6.13. The molecular formula is C16H18O2. The molecule has 0 radical (unpaired) electrons. The Morgan fingerprint density at radius 1 is 0.944 bits per heavy atom. The summed E-state index contributed by atoms with van der Waals surface area (Å²) in [6, 6.07) is 17.8. The molecule has 1 N–H and O–H groups in total. The van der Waals surface area contributed by atoms with Gasteiger partial charge in [0.25, 0.3) is 0 Å². The van der Waals surface area contributed by atoms with Crippen LogP contribution in [0.3, 0.4) is 0 Å². The number of methoxy groups -OCH3 is 1. The molecule has 0 amide bonds. The molecule has 0 aliphatic heterocycles. The van der Waals surface area contributed by atoms with Crippen molar-refractivity contribution in [2.75, 3.05) is 7.11 Å². The smallest absolute Gasteiger partial charge is 0.122 e. The largest absolute Gasteiger partial charge is 0.496 e. The molecule has 2 aromatic carbocycles. The van der Waals surface area contributed by atoms with Gasteiger partial charge in [0, 0.05) is 6.42 Å². The molecule has 2 aromatic rings. The monoisotopic (exact) mass is 242 g/mol. The van der Waals surface area contributed by atoms with Crippen LogP contribution in [0, 0.1) is 0 Å². The fraction of sp³-hybridized carbons (Fsp3) is 0.250. The summed E-state index contributed by atoms with van der Waals surface area (Å²) in [4.78, 5) is 0. The third kappa shape index (κ3) is 3.34. The number of benzene rings is 2. The van der Waals surface area contributed by atoms with E-state index >= 15 is 0 Å². The van der Waals surface area contributed by atoms with Crippen LogP contribution in [-0.2, 0) is 12.8 Å². The lowest BCUT2D eigenvalue weighted by Crippen LogP contribution is -2.14. The average Bonchev–Trinajstić information content (AvgIpc) is 2.40. The first-order chi connectivity index (χ1) is 8.79. The molecule has 1 unspecified atom stereocenters. The second-order valence-electron chi connectivity index (χ2n) is 4.36. The molecule has 0 fully saturated rings. The number of ether oxygens (including phenoxy) is 1. The maximum atomic E-state index is 10.1. The van der Waals surface area contributed by atoms with Crippen molar-refractivity contribution in [3.8, 4) is 5.75 Å². The second kappa shape index (κ2) is 6.22. The van der Waals surface area contributed by atoms with Crippen molar-refractivity contribution in [2.24, 2.45) is 0 Å². The van der Waals surface area contributed by atoms with Crippen LogP contribution < -0.4 is 4.74 Å². The molecule has 2 nitrogen and oxygen atoms in total. The van der Waals surface area contributed by atoms with Gasteiger partial charge in [-0.1, -0.05) is 48.5 Å². The highest BCUT2D eigenvalue weighted by atomic mass is 16.5. The molecule has 0 bridgehead atoms. The quantitative estimate of drug-likeness (QED) is 0.873. The Morgan fingerprint density at radius 3 is 2.33 bits per heavy atom. The van der Waals surface area contributed by atoms with Crippen molar-refractivity contribution < 1.29 is 9.84 Å². The van der Waals surface area contributed by atoms with Gasteiger partial charge in [0.1, 0.15) is 5.75 Å². The minimum absolute atomic E-state index is 0.385. The maximum absolute atomic E-state index is 10.1. The molecule has 0 saturated carbocycles. The lowest BCUT2D eigenvalue weighted by molar-refractivity contribution is 0.174. The molecule has 94 valence electrons. The zero-order valence-electron chi connectivity index (χ0n) is 10.5. The van der Waals surface area contributed by atoms with Gasteiger partial charge in [0.2, 0.25) is 0 Å². The summed E-state index contributed by atoms with van der Waals surface area (Å²) in [5.41, 5.74) is 2.20. The summed E-state index contributed by atoms with van der Waals surface area (Å²) in [5.74, 6) is 0.838. The van der Waals surface area contributed by atoms with Crippen LogP contribution in [0.4, 0.5) is 0 Å². The van der Waals surface area contributed by atoms with Crippen LogP contribution in [0.15, 0.2) is 54.6 Å². The predicted molar refractivity (Wildman–Crippen MR) is 72.9 cm³/mol. The summed E-state index contributed by atoms with van der Waals surface area (Å²) in [6.07, 6.45) is 0.890. The fourth-order valence-corrected chi connectivity index (χ4v) is 2.08. The van der Waals surface area contributed by atoms with E-state index in [1.807, 2.05) is 54.6 Å². The van der Waals surface area contributed by atoms with Gasteiger partial charge in [-0.15, -0.1) is 0 Å². The minimum Gasteiger partial charge on any atom is -0.496 e. The van der Waals surface area contributed by atoms with E-state index in [0.717, 1.165) is 16.9 Å². The van der Waals surface area contributed by atoms with Crippen LogP contribution in [0.2, 0.25) is 0 Å². The summed E-state index contributed by atoms with van der Waals surface area (Å²) in [5, 5.41) is 10.1. The van der Waals surface area contributed by atoms with E-state index in [1.54, 1.807) is 7.11 Å². The van der Waals surface area contributed by atoms with Gasteiger partial charge >= 0.3 is 0 Å². The molecule has 0 aliphatic carbocycles. The van der Waals surface area contributed by atoms with Gasteiger partial charge in [-0.2, -0.15) is 0 Å². The van der Waals surface area contributed by atoms with Gasteiger partial charge in [-0.05, 0) is 23.6 Å². The first-order valence-electron chi connectivity index (χ1n) is 6.13. The summed E-state index contributed by atoms with van der Waals surface area (Å²) >= 11 is 0. The molecule has 0 heterocycles. The van der Waals surface area contributed by atoms with Crippen molar-refractivity contribution >= 4 is 0 Å². The Labute approximate surface area is 108 Å². The van der Waals surface area contributed by atoms with Crippen LogP contribution in [0.5, 0.6) is 5.75 Å². The van der Waals surface area contributed by atoms with Crippen molar-refractivity contribution in [3.63, 3.8) is 0 Å². The van der Waals surface area contributed by atoms with E-state index in [-0.39, 0.29) is 6.10 Å². The Morgan fingerprint density at radius 2 is 1.61 bits per heavy atom. The first kappa shape index (κ1) is 12.7. The molecule has 1 atom stereocenters. The normalized spacial score (nSPS) is 12.1. The molecule has 2 rings (SSSR count). The number of para-hydroxylation sites is 1.